The minimum absolute atomic E-state index is 0.0781. The van der Waals surface area contributed by atoms with Gasteiger partial charge >= 0.3 is 0 Å². The van der Waals surface area contributed by atoms with E-state index in [1.807, 2.05) is 12.1 Å². The average Bonchev–Trinajstić information content (AvgIpc) is 2.84. The lowest BCUT2D eigenvalue weighted by Gasteiger charge is -2.35. The molecule has 2 heterocycles. The maximum absolute atomic E-state index is 16.0. The van der Waals surface area contributed by atoms with Crippen molar-refractivity contribution in [3.05, 3.63) is 66.4 Å². The molecule has 1 fully saturated rings. The first-order valence-electron chi connectivity index (χ1n) is 10.8. The Hall–Kier alpha value is -3.56. The van der Waals surface area contributed by atoms with E-state index in [-0.39, 0.29) is 23.3 Å². The van der Waals surface area contributed by atoms with Crippen LogP contribution in [0.15, 0.2) is 55.0 Å². The SMILES string of the molecule is COc1ccccc1-c1cncc(N(NC2CCCCC2N)c2ccc(C(N)=O)cn2)c1F. The van der Waals surface area contributed by atoms with Crippen LogP contribution in [0.4, 0.5) is 15.9 Å². The molecular formula is C24H27FN6O2. The maximum Gasteiger partial charge on any atom is 0.250 e. The van der Waals surface area contributed by atoms with E-state index in [2.05, 4.69) is 15.4 Å². The fourth-order valence-electron chi connectivity index (χ4n) is 4.05. The van der Waals surface area contributed by atoms with Gasteiger partial charge < -0.3 is 16.2 Å². The van der Waals surface area contributed by atoms with Crippen LogP contribution in [-0.4, -0.2) is 35.1 Å². The Bertz CT molecular complexity index is 1120. The van der Waals surface area contributed by atoms with Gasteiger partial charge in [0, 0.05) is 35.6 Å². The topological polar surface area (TPSA) is 119 Å². The highest BCUT2D eigenvalue weighted by atomic mass is 19.1. The third-order valence-electron chi connectivity index (χ3n) is 5.88. The largest absolute Gasteiger partial charge is 0.496 e. The Kier molecular flexibility index (Phi) is 6.81. The lowest BCUT2D eigenvalue weighted by atomic mass is 9.91. The summed E-state index contributed by atoms with van der Waals surface area (Å²) in [5.41, 5.74) is 16.4. The molecule has 8 nitrogen and oxygen atoms in total. The number of benzene rings is 1. The van der Waals surface area contributed by atoms with Crippen LogP contribution in [0.2, 0.25) is 0 Å². The van der Waals surface area contributed by atoms with E-state index in [0.29, 0.717) is 22.7 Å². The number of pyridine rings is 2. The molecule has 0 radical (unpaired) electrons. The summed E-state index contributed by atoms with van der Waals surface area (Å²) in [4.78, 5) is 20.1. The van der Waals surface area contributed by atoms with Crippen LogP contribution in [0.25, 0.3) is 11.1 Å². The fourth-order valence-corrected chi connectivity index (χ4v) is 4.05. The van der Waals surface area contributed by atoms with Crippen molar-refractivity contribution in [1.29, 1.82) is 0 Å². The Morgan fingerprint density at radius 3 is 2.61 bits per heavy atom. The number of para-hydroxylation sites is 1. The highest BCUT2D eigenvalue weighted by molar-refractivity contribution is 5.92. The summed E-state index contributed by atoms with van der Waals surface area (Å²) < 4.78 is 21.4. The third-order valence-corrected chi connectivity index (χ3v) is 5.88. The first-order chi connectivity index (χ1) is 16.0. The van der Waals surface area contributed by atoms with Gasteiger partial charge in [-0.1, -0.05) is 31.0 Å². The van der Waals surface area contributed by atoms with Gasteiger partial charge in [0.05, 0.1) is 18.9 Å². The fraction of sp³-hybridized carbons (Fsp3) is 0.292. The van der Waals surface area contributed by atoms with E-state index in [0.717, 1.165) is 25.7 Å². The van der Waals surface area contributed by atoms with Gasteiger partial charge in [-0.25, -0.2) is 14.8 Å². The number of nitrogens with one attached hydrogen (secondary N) is 1. The number of anilines is 2. The van der Waals surface area contributed by atoms with Crippen LogP contribution >= 0.6 is 0 Å². The van der Waals surface area contributed by atoms with Crippen LogP contribution in [-0.2, 0) is 0 Å². The van der Waals surface area contributed by atoms with Crippen molar-refractivity contribution in [1.82, 2.24) is 15.4 Å². The molecule has 1 aliphatic carbocycles. The molecule has 2 atom stereocenters. The number of primary amides is 1. The molecule has 1 aromatic carbocycles. The number of rotatable bonds is 7. The van der Waals surface area contributed by atoms with E-state index in [9.17, 15) is 4.79 Å². The van der Waals surface area contributed by atoms with E-state index >= 15 is 4.39 Å². The predicted octanol–water partition coefficient (Wildman–Crippen LogP) is 3.30. The van der Waals surface area contributed by atoms with Crippen LogP contribution in [0.3, 0.4) is 0 Å². The molecule has 5 N–H and O–H groups in total. The highest BCUT2D eigenvalue weighted by Crippen LogP contribution is 2.36. The number of hydrogen-bond acceptors (Lipinski definition) is 7. The number of carbonyl (C=O) groups excluding carboxylic acids is 1. The first-order valence-corrected chi connectivity index (χ1v) is 10.8. The number of ether oxygens (including phenoxy) is 1. The standard InChI is InChI=1S/C24H27FN6O2/c1-33-21-9-5-2-6-16(21)17-13-28-14-20(23(17)25)31(30-19-8-4-3-7-18(19)26)22-11-10-15(12-29-22)24(27)32/h2,5-6,9-14,18-19,30H,3-4,7-8,26H2,1H3,(H2,27,32). The van der Waals surface area contributed by atoms with Gasteiger partial charge in [0.2, 0.25) is 5.91 Å². The van der Waals surface area contributed by atoms with Crippen molar-refractivity contribution in [2.24, 2.45) is 11.5 Å². The molecular weight excluding hydrogens is 423 g/mol. The van der Waals surface area contributed by atoms with Crippen molar-refractivity contribution in [2.75, 3.05) is 12.1 Å². The molecule has 3 aromatic rings. The molecule has 2 unspecified atom stereocenters. The number of nitrogens with two attached hydrogens (primary N) is 2. The van der Waals surface area contributed by atoms with E-state index in [1.54, 1.807) is 29.3 Å². The Balaban J connectivity index is 1.79. The normalized spacial score (nSPS) is 18.0. The summed E-state index contributed by atoms with van der Waals surface area (Å²) in [6, 6.07) is 10.2. The zero-order valence-electron chi connectivity index (χ0n) is 18.4. The zero-order valence-corrected chi connectivity index (χ0v) is 18.4. The second-order valence-electron chi connectivity index (χ2n) is 8.01. The molecule has 0 spiro atoms. The number of carbonyl (C=O) groups is 1. The van der Waals surface area contributed by atoms with Gasteiger partial charge in [-0.3, -0.25) is 14.8 Å². The maximum atomic E-state index is 16.0. The number of amides is 1. The van der Waals surface area contributed by atoms with Crippen LogP contribution in [0.5, 0.6) is 5.75 Å². The molecule has 1 saturated carbocycles. The first kappa shape index (κ1) is 22.6. The van der Waals surface area contributed by atoms with Crippen molar-refractivity contribution < 1.29 is 13.9 Å². The molecule has 1 aliphatic rings. The van der Waals surface area contributed by atoms with Gasteiger partial charge in [-0.2, -0.15) is 0 Å². The number of aromatic nitrogens is 2. The number of methoxy groups -OCH3 is 1. The van der Waals surface area contributed by atoms with Crippen LogP contribution in [0, 0.1) is 5.82 Å². The van der Waals surface area contributed by atoms with Crippen molar-refractivity contribution >= 4 is 17.4 Å². The monoisotopic (exact) mass is 450 g/mol. The van der Waals surface area contributed by atoms with Gasteiger partial charge in [-0.15, -0.1) is 0 Å². The zero-order chi connectivity index (χ0) is 23.4. The summed E-state index contributed by atoms with van der Waals surface area (Å²) in [7, 11) is 1.54. The Labute approximate surface area is 191 Å². The second kappa shape index (κ2) is 9.93. The predicted molar refractivity (Wildman–Crippen MR) is 124 cm³/mol. The molecule has 33 heavy (non-hydrogen) atoms. The number of halogens is 1. The summed E-state index contributed by atoms with van der Waals surface area (Å²) >= 11 is 0. The minimum atomic E-state index is -0.589. The molecule has 0 bridgehead atoms. The lowest BCUT2D eigenvalue weighted by Crippen LogP contribution is -2.53. The number of nitrogens with zero attached hydrogens (tertiary/aromatic N) is 3. The molecule has 4 rings (SSSR count). The van der Waals surface area contributed by atoms with Crippen molar-refractivity contribution in [3.8, 4) is 16.9 Å². The lowest BCUT2D eigenvalue weighted by molar-refractivity contribution is 0.1000. The van der Waals surface area contributed by atoms with Crippen molar-refractivity contribution in [2.45, 2.75) is 37.8 Å². The molecule has 0 aliphatic heterocycles. The van der Waals surface area contributed by atoms with E-state index in [4.69, 9.17) is 16.2 Å². The quantitative estimate of drug-likeness (QED) is 0.473. The number of hydrogen-bond donors (Lipinski definition) is 3. The van der Waals surface area contributed by atoms with E-state index in [1.165, 1.54) is 25.7 Å². The van der Waals surface area contributed by atoms with Gasteiger partial charge in [-0.05, 0) is 31.0 Å². The number of hydrazine groups is 1. The Morgan fingerprint density at radius 2 is 1.91 bits per heavy atom. The van der Waals surface area contributed by atoms with Crippen LogP contribution < -0.4 is 26.6 Å². The molecule has 172 valence electrons. The van der Waals surface area contributed by atoms with Crippen molar-refractivity contribution in [3.63, 3.8) is 0 Å². The summed E-state index contributed by atoms with van der Waals surface area (Å²) in [6.45, 7) is 0. The average molecular weight is 451 g/mol. The third kappa shape index (κ3) is 4.79. The summed E-state index contributed by atoms with van der Waals surface area (Å²) in [5.74, 6) is -0.162. The van der Waals surface area contributed by atoms with Gasteiger partial charge in [0.1, 0.15) is 17.3 Å². The summed E-state index contributed by atoms with van der Waals surface area (Å²) in [6.07, 6.45) is 8.06. The second-order valence-corrected chi connectivity index (χ2v) is 8.01. The Morgan fingerprint density at radius 1 is 1.12 bits per heavy atom. The molecule has 0 saturated heterocycles. The minimum Gasteiger partial charge on any atom is -0.496 e. The summed E-state index contributed by atoms with van der Waals surface area (Å²) in [5, 5.41) is 1.54. The highest BCUT2D eigenvalue weighted by Gasteiger charge is 2.27. The molecule has 2 aromatic heterocycles. The molecule has 1 amide bonds. The van der Waals surface area contributed by atoms with Gasteiger partial charge in [0.15, 0.2) is 5.82 Å². The molecule has 9 heteroatoms. The van der Waals surface area contributed by atoms with Gasteiger partial charge in [0.25, 0.3) is 0 Å². The van der Waals surface area contributed by atoms with E-state index < -0.39 is 11.7 Å². The smallest absolute Gasteiger partial charge is 0.250 e. The van der Waals surface area contributed by atoms with Crippen LogP contribution in [0.1, 0.15) is 36.0 Å².